The van der Waals surface area contributed by atoms with Gasteiger partial charge in [0, 0.05) is 29.7 Å². The van der Waals surface area contributed by atoms with Gasteiger partial charge in [0.25, 0.3) is 5.56 Å². The highest BCUT2D eigenvalue weighted by atomic mass is 35.5. The molecule has 0 bridgehead atoms. The van der Waals surface area contributed by atoms with Gasteiger partial charge in [0.05, 0.1) is 0 Å². The van der Waals surface area contributed by atoms with Crippen molar-refractivity contribution in [2.75, 3.05) is 0 Å². The summed E-state index contributed by atoms with van der Waals surface area (Å²) in [4.78, 5) is 21.1. The Balaban J connectivity index is 0.000000225. The van der Waals surface area contributed by atoms with Crippen molar-refractivity contribution in [1.82, 2.24) is 15.0 Å². The SMILES string of the molecule is CC(C)c1ccc[nH]c1=O.CC(C)c1cccnc1Cl.CC(C)c1cccnc1F. The second-order valence-electron chi connectivity index (χ2n) is 7.69. The van der Waals surface area contributed by atoms with Gasteiger partial charge in [-0.25, -0.2) is 9.97 Å². The van der Waals surface area contributed by atoms with E-state index in [1.54, 1.807) is 24.5 Å². The zero-order valence-corrected chi connectivity index (χ0v) is 19.2. The molecule has 3 aromatic rings. The van der Waals surface area contributed by atoms with E-state index in [9.17, 15) is 9.18 Å². The predicted molar refractivity (Wildman–Crippen MR) is 123 cm³/mol. The summed E-state index contributed by atoms with van der Waals surface area (Å²) in [5.74, 6) is 0.636. The van der Waals surface area contributed by atoms with Gasteiger partial charge in [-0.3, -0.25) is 4.79 Å². The van der Waals surface area contributed by atoms with Crippen molar-refractivity contribution in [3.05, 3.63) is 93.1 Å². The monoisotopic (exact) mass is 431 g/mol. The lowest BCUT2D eigenvalue weighted by atomic mass is 10.1. The Bertz CT molecular complexity index is 905. The highest BCUT2D eigenvalue weighted by Crippen LogP contribution is 2.20. The van der Waals surface area contributed by atoms with Gasteiger partial charge in [-0.2, -0.15) is 4.39 Å². The van der Waals surface area contributed by atoms with Gasteiger partial charge in [0.2, 0.25) is 5.95 Å². The van der Waals surface area contributed by atoms with Crippen molar-refractivity contribution in [1.29, 1.82) is 0 Å². The molecule has 3 heterocycles. The number of H-pyrrole nitrogens is 1. The smallest absolute Gasteiger partial charge is 0.251 e. The van der Waals surface area contributed by atoms with Gasteiger partial charge in [-0.15, -0.1) is 0 Å². The Morgan fingerprint density at radius 2 is 1.30 bits per heavy atom. The zero-order chi connectivity index (χ0) is 22.7. The second-order valence-corrected chi connectivity index (χ2v) is 8.04. The third-order valence-corrected chi connectivity index (χ3v) is 4.61. The van der Waals surface area contributed by atoms with E-state index in [1.165, 1.54) is 6.20 Å². The van der Waals surface area contributed by atoms with Crippen LogP contribution < -0.4 is 5.56 Å². The normalized spacial score (nSPS) is 10.4. The van der Waals surface area contributed by atoms with Gasteiger partial charge in [0.15, 0.2) is 0 Å². The van der Waals surface area contributed by atoms with Crippen LogP contribution in [0.2, 0.25) is 5.15 Å². The van der Waals surface area contributed by atoms with Crippen LogP contribution in [0.15, 0.2) is 59.8 Å². The minimum Gasteiger partial charge on any atom is -0.329 e. The molecule has 0 unspecified atom stereocenters. The lowest BCUT2D eigenvalue weighted by Crippen LogP contribution is -2.11. The molecule has 0 aliphatic carbocycles. The van der Waals surface area contributed by atoms with E-state index in [1.807, 2.05) is 52.0 Å². The van der Waals surface area contributed by atoms with Gasteiger partial charge < -0.3 is 4.98 Å². The van der Waals surface area contributed by atoms with E-state index in [4.69, 9.17) is 11.6 Å². The van der Waals surface area contributed by atoms with Gasteiger partial charge >= 0.3 is 0 Å². The maximum atomic E-state index is 12.7. The Kier molecular flexibility index (Phi) is 11.0. The molecule has 30 heavy (non-hydrogen) atoms. The topological polar surface area (TPSA) is 58.6 Å². The fourth-order valence-corrected chi connectivity index (χ4v) is 2.89. The molecule has 0 amide bonds. The van der Waals surface area contributed by atoms with Crippen molar-refractivity contribution >= 4 is 11.6 Å². The van der Waals surface area contributed by atoms with Crippen LogP contribution in [-0.2, 0) is 0 Å². The first-order valence-corrected chi connectivity index (χ1v) is 10.4. The molecular formula is C24H31ClFN3O. The molecule has 0 spiro atoms. The summed E-state index contributed by atoms with van der Waals surface area (Å²) in [6.45, 7) is 12.1. The molecule has 162 valence electrons. The van der Waals surface area contributed by atoms with Crippen LogP contribution in [0.3, 0.4) is 0 Å². The number of aromatic nitrogens is 3. The molecule has 1 N–H and O–H groups in total. The number of aromatic amines is 1. The highest BCUT2D eigenvalue weighted by molar-refractivity contribution is 6.30. The summed E-state index contributed by atoms with van der Waals surface area (Å²) in [5, 5.41) is 0.623. The van der Waals surface area contributed by atoms with Crippen LogP contribution in [0.4, 0.5) is 4.39 Å². The first-order valence-electron chi connectivity index (χ1n) is 10.0. The molecule has 0 aliphatic rings. The highest BCUT2D eigenvalue weighted by Gasteiger charge is 2.05. The molecule has 0 aliphatic heterocycles. The van der Waals surface area contributed by atoms with Crippen LogP contribution in [0.1, 0.15) is 76.0 Å². The van der Waals surface area contributed by atoms with Gasteiger partial charge in [-0.05, 0) is 41.5 Å². The zero-order valence-electron chi connectivity index (χ0n) is 18.5. The van der Waals surface area contributed by atoms with Crippen LogP contribution >= 0.6 is 11.6 Å². The summed E-state index contributed by atoms with van der Waals surface area (Å²) in [6, 6.07) is 11.1. The van der Waals surface area contributed by atoms with Crippen LogP contribution in [0, 0.1) is 5.95 Å². The number of halogens is 2. The minimum atomic E-state index is -0.350. The van der Waals surface area contributed by atoms with Gasteiger partial charge in [-0.1, -0.05) is 71.3 Å². The standard InChI is InChI=1S/C8H10ClN.C8H10FN.C8H11NO/c2*1-6(2)7-4-3-5-10-8(7)9;1-6(2)7-4-3-5-9-8(7)10/h2*3-6H,1-2H3;3-6H,1-2H3,(H,9,10). The molecule has 4 nitrogen and oxygen atoms in total. The number of hydrogen-bond donors (Lipinski definition) is 1. The lowest BCUT2D eigenvalue weighted by molar-refractivity contribution is 0.557. The van der Waals surface area contributed by atoms with E-state index in [2.05, 4.69) is 28.8 Å². The lowest BCUT2D eigenvalue weighted by Gasteiger charge is -2.04. The maximum absolute atomic E-state index is 12.7. The summed E-state index contributed by atoms with van der Waals surface area (Å²) in [6.07, 6.45) is 4.81. The predicted octanol–water partition coefficient (Wildman–Crippen LogP) is 6.70. The summed E-state index contributed by atoms with van der Waals surface area (Å²) in [7, 11) is 0. The summed E-state index contributed by atoms with van der Waals surface area (Å²) >= 11 is 5.81. The van der Waals surface area contributed by atoms with Gasteiger partial charge in [0.1, 0.15) is 5.15 Å². The molecule has 3 rings (SSSR count). The fourth-order valence-electron chi connectivity index (χ4n) is 2.55. The Labute approximate surface area is 183 Å². The molecular weight excluding hydrogens is 401 g/mol. The number of nitrogens with zero attached hydrogens (tertiary/aromatic N) is 2. The summed E-state index contributed by atoms with van der Waals surface area (Å²) in [5.41, 5.74) is 2.67. The molecule has 0 saturated carbocycles. The molecule has 0 radical (unpaired) electrons. The van der Waals surface area contributed by atoms with Crippen molar-refractivity contribution in [2.45, 2.75) is 59.3 Å². The third-order valence-electron chi connectivity index (χ3n) is 4.29. The molecule has 3 aromatic heterocycles. The number of rotatable bonds is 3. The molecule has 0 fully saturated rings. The minimum absolute atomic E-state index is 0.0255. The van der Waals surface area contributed by atoms with Crippen molar-refractivity contribution in [3.63, 3.8) is 0 Å². The van der Waals surface area contributed by atoms with Crippen molar-refractivity contribution in [3.8, 4) is 0 Å². The maximum Gasteiger partial charge on any atom is 0.251 e. The first-order chi connectivity index (χ1) is 14.1. The van der Waals surface area contributed by atoms with Crippen LogP contribution in [-0.4, -0.2) is 15.0 Å². The second kappa shape index (κ2) is 12.9. The average Bonchev–Trinajstić information content (AvgIpc) is 2.69. The van der Waals surface area contributed by atoms with E-state index < -0.39 is 0 Å². The van der Waals surface area contributed by atoms with Crippen LogP contribution in [0.25, 0.3) is 0 Å². The Morgan fingerprint density at radius 1 is 0.800 bits per heavy atom. The van der Waals surface area contributed by atoms with Crippen molar-refractivity contribution < 1.29 is 4.39 Å². The van der Waals surface area contributed by atoms with E-state index in [-0.39, 0.29) is 17.4 Å². The molecule has 0 aromatic carbocycles. The Morgan fingerprint density at radius 3 is 1.67 bits per heavy atom. The number of pyridine rings is 3. The molecule has 0 saturated heterocycles. The number of nitrogens with one attached hydrogen (secondary N) is 1. The molecule has 0 atom stereocenters. The quantitative estimate of drug-likeness (QED) is 0.469. The third kappa shape index (κ3) is 8.46. The largest absolute Gasteiger partial charge is 0.329 e. The van der Waals surface area contributed by atoms with Crippen LogP contribution in [0.5, 0.6) is 0 Å². The number of hydrogen-bond acceptors (Lipinski definition) is 3. The Hall–Kier alpha value is -2.53. The first kappa shape index (κ1) is 25.5. The fraction of sp³-hybridized carbons (Fsp3) is 0.375. The van der Waals surface area contributed by atoms with E-state index in [0.717, 1.165) is 11.1 Å². The van der Waals surface area contributed by atoms with E-state index >= 15 is 0 Å². The van der Waals surface area contributed by atoms with E-state index in [0.29, 0.717) is 22.6 Å². The summed E-state index contributed by atoms with van der Waals surface area (Å²) < 4.78 is 12.7. The average molecular weight is 432 g/mol. The molecule has 6 heteroatoms. The van der Waals surface area contributed by atoms with Crippen molar-refractivity contribution in [2.24, 2.45) is 0 Å².